The van der Waals surface area contributed by atoms with Crippen molar-refractivity contribution < 1.29 is 14.7 Å². The summed E-state index contributed by atoms with van der Waals surface area (Å²) in [5, 5.41) is 13.7. The van der Waals surface area contributed by atoms with E-state index in [-0.39, 0.29) is 23.6 Å². The van der Waals surface area contributed by atoms with Gasteiger partial charge in [0.1, 0.15) is 5.01 Å². The molecule has 21 heavy (non-hydrogen) atoms. The van der Waals surface area contributed by atoms with Crippen LogP contribution in [0.5, 0.6) is 0 Å². The fourth-order valence-corrected chi connectivity index (χ4v) is 3.53. The van der Waals surface area contributed by atoms with Gasteiger partial charge in [0.2, 0.25) is 5.91 Å². The summed E-state index contributed by atoms with van der Waals surface area (Å²) in [5.41, 5.74) is 5.84. The van der Waals surface area contributed by atoms with Gasteiger partial charge in [-0.1, -0.05) is 19.3 Å². The van der Waals surface area contributed by atoms with Crippen molar-refractivity contribution in [1.82, 2.24) is 10.3 Å². The van der Waals surface area contributed by atoms with Crippen molar-refractivity contribution in [1.29, 1.82) is 0 Å². The lowest BCUT2D eigenvalue weighted by atomic mass is 9.72. The van der Waals surface area contributed by atoms with E-state index in [0.717, 1.165) is 25.7 Å². The summed E-state index contributed by atoms with van der Waals surface area (Å²) < 4.78 is 0. The first-order chi connectivity index (χ1) is 10.0. The maximum absolute atomic E-state index is 12.1. The quantitative estimate of drug-likeness (QED) is 0.742. The first-order valence-electron chi connectivity index (χ1n) is 7.19. The Morgan fingerprint density at radius 3 is 2.67 bits per heavy atom. The highest BCUT2D eigenvalue weighted by Crippen LogP contribution is 2.38. The summed E-state index contributed by atoms with van der Waals surface area (Å²) in [6.45, 7) is 0.818. The highest BCUT2D eigenvalue weighted by Gasteiger charge is 2.32. The van der Waals surface area contributed by atoms with Gasteiger partial charge in [0, 0.05) is 11.8 Å². The molecule has 4 N–H and O–H groups in total. The molecule has 0 radical (unpaired) electrons. The van der Waals surface area contributed by atoms with E-state index in [4.69, 9.17) is 10.8 Å². The second kappa shape index (κ2) is 7.00. The summed E-state index contributed by atoms with van der Waals surface area (Å²) in [5.74, 6) is -1.08. The summed E-state index contributed by atoms with van der Waals surface area (Å²) in [6.07, 6.45) is 5.97. The number of carboxylic acids is 1. The van der Waals surface area contributed by atoms with Gasteiger partial charge < -0.3 is 16.2 Å². The molecule has 1 aliphatic carbocycles. The van der Waals surface area contributed by atoms with Crippen LogP contribution in [0.4, 0.5) is 0 Å². The Hall–Kier alpha value is -1.47. The standard InChI is InChI=1S/C14H21N3O3S/c15-9-14(4-2-1-3-5-14)6-11(18)16-7-12-17-10(8-21-12)13(19)20/h8H,1-7,9,15H2,(H,16,18)(H,19,20). The maximum Gasteiger partial charge on any atom is 0.355 e. The third-order valence-electron chi connectivity index (χ3n) is 4.09. The summed E-state index contributed by atoms with van der Waals surface area (Å²) in [4.78, 5) is 26.8. The van der Waals surface area contributed by atoms with E-state index in [2.05, 4.69) is 10.3 Å². The SMILES string of the molecule is NCC1(CC(=O)NCc2nc(C(=O)O)cs2)CCCCC1. The Labute approximate surface area is 127 Å². The number of nitrogens with one attached hydrogen (secondary N) is 1. The molecule has 1 aliphatic rings. The number of aromatic nitrogens is 1. The first-order valence-corrected chi connectivity index (χ1v) is 8.07. The predicted octanol–water partition coefficient (Wildman–Crippen LogP) is 1.76. The molecule has 0 aromatic carbocycles. The fraction of sp³-hybridized carbons (Fsp3) is 0.643. The van der Waals surface area contributed by atoms with Crippen molar-refractivity contribution in [2.75, 3.05) is 6.54 Å². The lowest BCUT2D eigenvalue weighted by Gasteiger charge is -2.35. The molecule has 7 heteroatoms. The van der Waals surface area contributed by atoms with E-state index < -0.39 is 5.97 Å². The van der Waals surface area contributed by atoms with E-state index in [1.165, 1.54) is 23.1 Å². The van der Waals surface area contributed by atoms with Gasteiger partial charge in [0.05, 0.1) is 6.54 Å². The molecule has 1 heterocycles. The Kier molecular flexibility index (Phi) is 5.30. The van der Waals surface area contributed by atoms with Gasteiger partial charge >= 0.3 is 5.97 Å². The second-order valence-corrected chi connectivity index (χ2v) is 6.59. The number of thiazole rings is 1. The van der Waals surface area contributed by atoms with Crippen molar-refractivity contribution in [3.05, 3.63) is 16.1 Å². The van der Waals surface area contributed by atoms with Gasteiger partial charge in [-0.05, 0) is 24.8 Å². The van der Waals surface area contributed by atoms with Crippen LogP contribution in [0.15, 0.2) is 5.38 Å². The Morgan fingerprint density at radius 2 is 2.10 bits per heavy atom. The number of carboxylic acid groups (broad SMARTS) is 1. The Bertz CT molecular complexity index is 509. The molecule has 2 rings (SSSR count). The molecule has 1 saturated carbocycles. The summed E-state index contributed by atoms with van der Waals surface area (Å²) >= 11 is 1.24. The van der Waals surface area contributed by atoms with Crippen LogP contribution < -0.4 is 11.1 Å². The minimum absolute atomic E-state index is 0.0231. The van der Waals surface area contributed by atoms with Crippen LogP contribution in [0.1, 0.15) is 54.0 Å². The Balaban J connectivity index is 1.84. The summed E-state index contributed by atoms with van der Waals surface area (Å²) in [6, 6.07) is 0. The van der Waals surface area contributed by atoms with Gasteiger partial charge in [-0.2, -0.15) is 0 Å². The second-order valence-electron chi connectivity index (χ2n) is 5.65. The Morgan fingerprint density at radius 1 is 1.38 bits per heavy atom. The van der Waals surface area contributed by atoms with Crippen molar-refractivity contribution in [3.8, 4) is 0 Å². The van der Waals surface area contributed by atoms with E-state index in [1.807, 2.05) is 0 Å². The molecule has 0 bridgehead atoms. The number of nitrogens with zero attached hydrogens (tertiary/aromatic N) is 1. The highest BCUT2D eigenvalue weighted by molar-refractivity contribution is 7.09. The monoisotopic (exact) mass is 311 g/mol. The zero-order chi connectivity index (χ0) is 15.3. The van der Waals surface area contributed by atoms with Crippen molar-refractivity contribution in [2.24, 2.45) is 11.1 Å². The molecule has 0 unspecified atom stereocenters. The van der Waals surface area contributed by atoms with Gasteiger partial charge in [-0.15, -0.1) is 11.3 Å². The average Bonchev–Trinajstić information content (AvgIpc) is 2.95. The van der Waals surface area contributed by atoms with E-state index >= 15 is 0 Å². The molecule has 116 valence electrons. The number of carbonyl (C=O) groups is 2. The minimum Gasteiger partial charge on any atom is -0.476 e. The van der Waals surface area contributed by atoms with E-state index in [9.17, 15) is 9.59 Å². The van der Waals surface area contributed by atoms with E-state index in [1.54, 1.807) is 0 Å². The highest BCUT2D eigenvalue weighted by atomic mass is 32.1. The fourth-order valence-electron chi connectivity index (χ4n) is 2.82. The lowest BCUT2D eigenvalue weighted by molar-refractivity contribution is -0.124. The molecule has 0 spiro atoms. The number of hydrogen-bond acceptors (Lipinski definition) is 5. The zero-order valence-electron chi connectivity index (χ0n) is 11.9. The largest absolute Gasteiger partial charge is 0.476 e. The number of amides is 1. The molecular formula is C14H21N3O3S. The van der Waals surface area contributed by atoms with Crippen LogP contribution in [0.2, 0.25) is 0 Å². The van der Waals surface area contributed by atoms with E-state index in [0.29, 0.717) is 18.0 Å². The minimum atomic E-state index is -1.05. The normalized spacial score (nSPS) is 17.4. The third kappa shape index (κ3) is 4.25. The van der Waals surface area contributed by atoms with Crippen LogP contribution >= 0.6 is 11.3 Å². The predicted molar refractivity (Wildman–Crippen MR) is 80.1 cm³/mol. The molecule has 1 aromatic rings. The topological polar surface area (TPSA) is 105 Å². The van der Waals surface area contributed by atoms with Crippen LogP contribution in [-0.4, -0.2) is 28.5 Å². The van der Waals surface area contributed by atoms with Crippen molar-refractivity contribution in [3.63, 3.8) is 0 Å². The van der Waals surface area contributed by atoms with Crippen LogP contribution in [-0.2, 0) is 11.3 Å². The number of aromatic carboxylic acids is 1. The first kappa shape index (κ1) is 15.9. The van der Waals surface area contributed by atoms with Gasteiger partial charge in [0.25, 0.3) is 0 Å². The summed E-state index contributed by atoms with van der Waals surface area (Å²) in [7, 11) is 0. The molecule has 0 atom stereocenters. The van der Waals surface area contributed by atoms with Crippen LogP contribution in [0.3, 0.4) is 0 Å². The van der Waals surface area contributed by atoms with Gasteiger partial charge in [-0.25, -0.2) is 9.78 Å². The van der Waals surface area contributed by atoms with Crippen LogP contribution in [0, 0.1) is 5.41 Å². The smallest absolute Gasteiger partial charge is 0.355 e. The van der Waals surface area contributed by atoms with Gasteiger partial charge in [0.15, 0.2) is 5.69 Å². The molecule has 6 nitrogen and oxygen atoms in total. The maximum atomic E-state index is 12.1. The molecule has 0 aliphatic heterocycles. The molecule has 0 saturated heterocycles. The number of hydrogen-bond donors (Lipinski definition) is 3. The molecular weight excluding hydrogens is 290 g/mol. The number of rotatable bonds is 6. The zero-order valence-corrected chi connectivity index (χ0v) is 12.7. The molecule has 1 aromatic heterocycles. The molecule has 1 amide bonds. The number of carbonyl (C=O) groups excluding carboxylic acids is 1. The lowest BCUT2D eigenvalue weighted by Crippen LogP contribution is -2.38. The number of nitrogens with two attached hydrogens (primary N) is 1. The third-order valence-corrected chi connectivity index (χ3v) is 4.94. The van der Waals surface area contributed by atoms with Crippen molar-refractivity contribution >= 4 is 23.2 Å². The average molecular weight is 311 g/mol. The van der Waals surface area contributed by atoms with Crippen LogP contribution in [0.25, 0.3) is 0 Å². The molecule has 1 fully saturated rings. The van der Waals surface area contributed by atoms with Crippen molar-refractivity contribution in [2.45, 2.75) is 45.1 Å². The van der Waals surface area contributed by atoms with Gasteiger partial charge in [-0.3, -0.25) is 4.79 Å².